The Morgan fingerprint density at radius 3 is 2.30 bits per heavy atom. The number of anilines is 1. The quantitative estimate of drug-likeness (QED) is 0.151. The smallest absolute Gasteiger partial charge is 0.293 e. The summed E-state index contributed by atoms with van der Waals surface area (Å²) < 4.78 is 29.6. The van der Waals surface area contributed by atoms with Crippen LogP contribution in [-0.4, -0.2) is 36.6 Å². The summed E-state index contributed by atoms with van der Waals surface area (Å²) >= 11 is 12.3. The Bertz CT molecular complexity index is 1700. The van der Waals surface area contributed by atoms with E-state index < -0.39 is 33.1 Å². The third-order valence-electron chi connectivity index (χ3n) is 5.93. The van der Waals surface area contributed by atoms with E-state index in [1.54, 1.807) is 24.3 Å². The highest BCUT2D eigenvalue weighted by Gasteiger charge is 2.31. The molecule has 1 amide bonds. The molecule has 4 aromatic rings. The third kappa shape index (κ3) is 6.17. The molecule has 13 heteroatoms. The average Bonchev–Trinajstić information content (AvgIpc) is 3.19. The van der Waals surface area contributed by atoms with Crippen LogP contribution >= 0.6 is 23.2 Å². The molecule has 0 bridgehead atoms. The molecular weight excluding hydrogens is 577 g/mol. The van der Waals surface area contributed by atoms with E-state index in [-0.39, 0.29) is 10.6 Å². The molecule has 1 heterocycles. The molecule has 10 nitrogen and oxygen atoms in total. The van der Waals surface area contributed by atoms with Gasteiger partial charge in [0, 0.05) is 38.8 Å². The van der Waals surface area contributed by atoms with Crippen molar-refractivity contribution in [1.82, 2.24) is 9.99 Å². The van der Waals surface area contributed by atoms with E-state index >= 15 is 0 Å². The molecule has 0 spiro atoms. The van der Waals surface area contributed by atoms with Crippen molar-refractivity contribution in [3.05, 3.63) is 116 Å². The first-order valence-corrected chi connectivity index (χ1v) is 14.0. The number of carbonyl (C=O) groups is 1. The normalized spacial score (nSPS) is 11.5. The molecule has 4 rings (SSSR count). The number of amides is 1. The highest BCUT2D eigenvalue weighted by atomic mass is 35.5. The number of nitro groups is 1. The van der Waals surface area contributed by atoms with Crippen molar-refractivity contribution in [3.63, 3.8) is 0 Å². The maximum Gasteiger partial charge on any atom is 0.293 e. The summed E-state index contributed by atoms with van der Waals surface area (Å²) in [5.41, 5.74) is 4.69. The molecule has 3 aromatic carbocycles. The molecule has 0 radical (unpaired) electrons. The SMILES string of the molecule is Cc1cc(/C=N/NC(=O)CN(c2ccccc2[N+](=O)[O-])S(=O)(=O)c2ccccc2)c(C)n1-c1cc(Cl)cc(Cl)c1. The van der Waals surface area contributed by atoms with Gasteiger partial charge in [-0.25, -0.2) is 18.1 Å². The van der Waals surface area contributed by atoms with Crippen LogP contribution in [0.3, 0.4) is 0 Å². The van der Waals surface area contributed by atoms with Crippen molar-refractivity contribution in [2.75, 3.05) is 10.8 Å². The molecule has 0 aliphatic heterocycles. The first kappa shape index (κ1) is 28.8. The number of halogens is 2. The lowest BCUT2D eigenvalue weighted by Gasteiger charge is -2.23. The first-order chi connectivity index (χ1) is 19.0. The number of sulfonamides is 1. The van der Waals surface area contributed by atoms with E-state index in [0.29, 0.717) is 19.9 Å². The molecular formula is C27H23Cl2N5O5S. The number of nitro benzene ring substituents is 1. The standard InChI is InChI=1S/C27H23Cl2N5O5S/c1-18-12-20(19(2)33(18)23-14-21(28)13-22(29)15-23)16-30-31-27(35)17-32(25-10-6-7-11-26(25)34(36)37)40(38,39)24-8-4-3-5-9-24/h3-16H,17H2,1-2H3,(H,31,35)/b30-16+. The van der Waals surface area contributed by atoms with Crippen molar-refractivity contribution in [3.8, 4) is 5.69 Å². The van der Waals surface area contributed by atoms with Gasteiger partial charge < -0.3 is 4.57 Å². The van der Waals surface area contributed by atoms with E-state index in [1.165, 1.54) is 54.7 Å². The van der Waals surface area contributed by atoms with E-state index in [2.05, 4.69) is 10.5 Å². The van der Waals surface area contributed by atoms with Crippen LogP contribution in [0.2, 0.25) is 10.0 Å². The first-order valence-electron chi connectivity index (χ1n) is 11.8. The lowest BCUT2D eigenvalue weighted by atomic mass is 10.2. The monoisotopic (exact) mass is 599 g/mol. The van der Waals surface area contributed by atoms with Crippen LogP contribution in [0.25, 0.3) is 5.69 Å². The summed E-state index contributed by atoms with van der Waals surface area (Å²) in [6.07, 6.45) is 1.42. The second-order valence-electron chi connectivity index (χ2n) is 8.65. The van der Waals surface area contributed by atoms with Gasteiger partial charge in [-0.05, 0) is 56.3 Å². The highest BCUT2D eigenvalue weighted by molar-refractivity contribution is 7.92. The van der Waals surface area contributed by atoms with Crippen molar-refractivity contribution in [2.45, 2.75) is 18.7 Å². The predicted molar refractivity (Wildman–Crippen MR) is 155 cm³/mol. The maximum atomic E-state index is 13.5. The highest BCUT2D eigenvalue weighted by Crippen LogP contribution is 2.32. The maximum absolute atomic E-state index is 13.5. The minimum absolute atomic E-state index is 0.127. The number of hydrogen-bond donors (Lipinski definition) is 1. The number of benzene rings is 3. The number of carbonyl (C=O) groups excluding carboxylic acids is 1. The van der Waals surface area contributed by atoms with Gasteiger partial charge >= 0.3 is 0 Å². The second-order valence-corrected chi connectivity index (χ2v) is 11.4. The third-order valence-corrected chi connectivity index (χ3v) is 8.14. The fourth-order valence-corrected chi connectivity index (χ4v) is 6.14. The van der Waals surface area contributed by atoms with Gasteiger partial charge in [-0.1, -0.05) is 53.5 Å². The molecule has 206 valence electrons. The van der Waals surface area contributed by atoms with Crippen LogP contribution in [0.1, 0.15) is 17.0 Å². The summed E-state index contributed by atoms with van der Waals surface area (Å²) in [5.74, 6) is -0.802. The van der Waals surface area contributed by atoms with Crippen LogP contribution < -0.4 is 9.73 Å². The number of hydrazone groups is 1. The number of aromatic nitrogens is 1. The molecule has 1 N–H and O–H groups in total. The summed E-state index contributed by atoms with van der Waals surface area (Å²) in [7, 11) is -4.34. The van der Waals surface area contributed by atoms with Gasteiger partial charge in [-0.15, -0.1) is 0 Å². The fraction of sp³-hybridized carbons (Fsp3) is 0.111. The van der Waals surface area contributed by atoms with E-state index in [0.717, 1.165) is 17.1 Å². The summed E-state index contributed by atoms with van der Waals surface area (Å²) in [6, 6.07) is 19.7. The molecule has 0 saturated carbocycles. The van der Waals surface area contributed by atoms with E-state index in [9.17, 15) is 23.3 Å². The van der Waals surface area contributed by atoms with Crippen molar-refractivity contribution >= 4 is 56.7 Å². The Morgan fingerprint density at radius 1 is 1.02 bits per heavy atom. The Kier molecular flexibility index (Phi) is 8.58. The van der Waals surface area contributed by atoms with Gasteiger partial charge in [0.2, 0.25) is 0 Å². The topological polar surface area (TPSA) is 127 Å². The molecule has 0 atom stereocenters. The van der Waals surface area contributed by atoms with Crippen LogP contribution in [0.5, 0.6) is 0 Å². The minimum Gasteiger partial charge on any atom is -0.318 e. The van der Waals surface area contributed by atoms with E-state index in [1.807, 2.05) is 24.5 Å². The van der Waals surface area contributed by atoms with Crippen LogP contribution in [0.4, 0.5) is 11.4 Å². The zero-order valence-corrected chi connectivity index (χ0v) is 23.6. The fourth-order valence-electron chi connectivity index (χ4n) is 4.17. The Labute approximate surface area is 240 Å². The van der Waals surface area contributed by atoms with Gasteiger partial charge in [-0.3, -0.25) is 14.9 Å². The number of aryl methyl sites for hydroxylation is 1. The average molecular weight is 600 g/mol. The minimum atomic E-state index is -4.34. The molecule has 40 heavy (non-hydrogen) atoms. The molecule has 0 aliphatic rings. The Morgan fingerprint density at radius 2 is 1.65 bits per heavy atom. The van der Waals surface area contributed by atoms with Crippen LogP contribution in [-0.2, 0) is 14.8 Å². The zero-order valence-electron chi connectivity index (χ0n) is 21.3. The number of hydrogen-bond acceptors (Lipinski definition) is 6. The molecule has 0 unspecified atom stereocenters. The largest absolute Gasteiger partial charge is 0.318 e. The lowest BCUT2D eigenvalue weighted by Crippen LogP contribution is -2.39. The molecule has 0 aliphatic carbocycles. The number of nitrogens with zero attached hydrogens (tertiary/aromatic N) is 4. The summed E-state index contributed by atoms with van der Waals surface area (Å²) in [4.78, 5) is 23.7. The van der Waals surface area contributed by atoms with Gasteiger partial charge in [0.1, 0.15) is 12.2 Å². The Hall–Kier alpha value is -4.19. The molecule has 0 fully saturated rings. The van der Waals surface area contributed by atoms with Crippen molar-refractivity contribution in [1.29, 1.82) is 0 Å². The molecule has 0 saturated heterocycles. The summed E-state index contributed by atoms with van der Waals surface area (Å²) in [5, 5.41) is 16.6. The zero-order chi connectivity index (χ0) is 29.0. The van der Waals surface area contributed by atoms with Crippen LogP contribution in [0.15, 0.2) is 88.9 Å². The van der Waals surface area contributed by atoms with Crippen molar-refractivity contribution in [2.24, 2.45) is 5.10 Å². The molecule has 1 aromatic heterocycles. The van der Waals surface area contributed by atoms with Gasteiger partial charge in [0.15, 0.2) is 0 Å². The van der Waals surface area contributed by atoms with Crippen molar-refractivity contribution < 1.29 is 18.1 Å². The number of nitrogens with one attached hydrogen (secondary N) is 1. The predicted octanol–water partition coefficient (Wildman–Crippen LogP) is 5.65. The second kappa shape index (κ2) is 11.9. The Balaban J connectivity index is 1.60. The van der Waals surface area contributed by atoms with Gasteiger partial charge in [0.25, 0.3) is 21.6 Å². The number of rotatable bonds is 9. The number of para-hydroxylation sites is 2. The van der Waals surface area contributed by atoms with Crippen LogP contribution in [0, 0.1) is 24.0 Å². The van der Waals surface area contributed by atoms with Gasteiger partial charge in [-0.2, -0.15) is 5.10 Å². The van der Waals surface area contributed by atoms with E-state index in [4.69, 9.17) is 23.2 Å². The van der Waals surface area contributed by atoms with Gasteiger partial charge in [0.05, 0.1) is 16.0 Å². The lowest BCUT2D eigenvalue weighted by molar-refractivity contribution is -0.384. The summed E-state index contributed by atoms with van der Waals surface area (Å²) in [6.45, 7) is 2.99.